The molecule has 42 heavy (non-hydrogen) atoms. The molecule has 6 nitrogen and oxygen atoms in total. The minimum absolute atomic E-state index is 0.0441. The zero-order valence-corrected chi connectivity index (χ0v) is 23.7. The Balaban J connectivity index is 1.30. The first-order valence-electron chi connectivity index (χ1n) is 13.4. The second-order valence-corrected chi connectivity index (χ2v) is 11.6. The minimum Gasteiger partial charge on any atom is -0.490 e. The predicted octanol–water partition coefficient (Wildman–Crippen LogP) is 6.30. The summed E-state index contributed by atoms with van der Waals surface area (Å²) in [5, 5.41) is 10.9. The molecule has 2 aliphatic rings. The molecule has 1 atom stereocenters. The number of hydrogen-bond donors (Lipinski definition) is 1. The number of benzene rings is 2. The van der Waals surface area contributed by atoms with Crippen molar-refractivity contribution in [3.05, 3.63) is 64.2 Å². The highest BCUT2D eigenvalue weighted by Crippen LogP contribution is 2.44. The van der Waals surface area contributed by atoms with E-state index in [2.05, 4.69) is 0 Å². The number of likely N-dealkylation sites (tertiary alicyclic amines) is 1. The number of aliphatic hydroxyl groups is 1. The van der Waals surface area contributed by atoms with Crippen LogP contribution in [0.3, 0.4) is 0 Å². The van der Waals surface area contributed by atoms with Gasteiger partial charge in [0.2, 0.25) is 0 Å². The van der Waals surface area contributed by atoms with Crippen molar-refractivity contribution in [2.24, 2.45) is 11.8 Å². The third-order valence-electron chi connectivity index (χ3n) is 7.97. The van der Waals surface area contributed by atoms with Crippen molar-refractivity contribution in [3.63, 3.8) is 0 Å². The molecule has 0 bridgehead atoms. The molecule has 1 saturated heterocycles. The molecule has 2 amide bonds. The predicted molar refractivity (Wildman–Crippen MR) is 142 cm³/mol. The molecule has 230 valence electrons. The summed E-state index contributed by atoms with van der Waals surface area (Å²) in [7, 11) is 3.25. The molecule has 1 N–H and O–H groups in total. The van der Waals surface area contributed by atoms with Crippen LogP contribution in [-0.2, 0) is 16.6 Å². The van der Waals surface area contributed by atoms with Crippen molar-refractivity contribution in [3.8, 4) is 5.75 Å². The molecule has 0 aromatic heterocycles. The first-order valence-corrected chi connectivity index (χ1v) is 13.8. The molecule has 1 unspecified atom stereocenters. The lowest BCUT2D eigenvalue weighted by Gasteiger charge is -2.41. The fourth-order valence-electron chi connectivity index (χ4n) is 5.54. The van der Waals surface area contributed by atoms with E-state index < -0.39 is 35.0 Å². The molecule has 13 heteroatoms. The number of rotatable bonds is 7. The van der Waals surface area contributed by atoms with Gasteiger partial charge in [0.05, 0.1) is 22.3 Å². The average Bonchev–Trinajstić information content (AvgIpc) is 2.90. The number of piperidine rings is 1. The van der Waals surface area contributed by atoms with Crippen LogP contribution in [0.2, 0.25) is 5.02 Å². The minimum atomic E-state index is -5.53. The van der Waals surface area contributed by atoms with Crippen LogP contribution >= 0.6 is 11.6 Å². The van der Waals surface area contributed by atoms with Crippen LogP contribution in [0.5, 0.6) is 5.75 Å². The van der Waals surface area contributed by atoms with Gasteiger partial charge in [-0.25, -0.2) is 0 Å². The summed E-state index contributed by atoms with van der Waals surface area (Å²) in [6, 6.07) is 7.04. The van der Waals surface area contributed by atoms with E-state index in [1.54, 1.807) is 32.3 Å². The highest BCUT2D eigenvalue weighted by atomic mass is 35.5. The Morgan fingerprint density at radius 3 is 2.14 bits per heavy atom. The maximum absolute atomic E-state index is 14.0. The molecule has 0 spiro atoms. The third-order valence-corrected chi connectivity index (χ3v) is 8.28. The van der Waals surface area contributed by atoms with E-state index in [1.165, 1.54) is 4.90 Å². The number of carbonyl (C=O) groups is 2. The van der Waals surface area contributed by atoms with Crippen molar-refractivity contribution in [1.29, 1.82) is 0 Å². The first-order chi connectivity index (χ1) is 19.5. The molecular formula is C29H31ClF6N2O4. The zero-order chi connectivity index (χ0) is 31.0. The van der Waals surface area contributed by atoms with E-state index in [4.69, 9.17) is 16.3 Å². The van der Waals surface area contributed by atoms with Gasteiger partial charge in [-0.3, -0.25) is 9.59 Å². The summed E-state index contributed by atoms with van der Waals surface area (Å²) in [4.78, 5) is 27.4. The normalized spacial score (nSPS) is 21.3. The Labute approximate surface area is 244 Å². The van der Waals surface area contributed by atoms with Gasteiger partial charge < -0.3 is 19.6 Å². The maximum Gasteiger partial charge on any atom is 0.430 e. The van der Waals surface area contributed by atoms with Crippen molar-refractivity contribution >= 4 is 23.4 Å². The van der Waals surface area contributed by atoms with Gasteiger partial charge in [-0.05, 0) is 74.3 Å². The lowest BCUT2D eigenvalue weighted by Crippen LogP contribution is -2.57. The van der Waals surface area contributed by atoms with Crippen molar-refractivity contribution in [2.75, 3.05) is 27.2 Å². The van der Waals surface area contributed by atoms with Crippen LogP contribution in [0.4, 0.5) is 26.3 Å². The number of hydrogen-bond acceptors (Lipinski definition) is 4. The molecule has 1 aliphatic carbocycles. The van der Waals surface area contributed by atoms with E-state index in [-0.39, 0.29) is 42.1 Å². The van der Waals surface area contributed by atoms with E-state index >= 15 is 0 Å². The Bertz CT molecular complexity index is 1300. The van der Waals surface area contributed by atoms with Crippen LogP contribution in [0.1, 0.15) is 53.6 Å². The Morgan fingerprint density at radius 2 is 1.60 bits per heavy atom. The van der Waals surface area contributed by atoms with Gasteiger partial charge in [0, 0.05) is 32.7 Å². The molecule has 1 saturated carbocycles. The fraction of sp³-hybridized carbons (Fsp3) is 0.517. The van der Waals surface area contributed by atoms with Crippen molar-refractivity contribution in [1.82, 2.24) is 9.80 Å². The summed E-state index contributed by atoms with van der Waals surface area (Å²) in [5.74, 6) is -0.894. The standard InChI is InChI=1S/C29H31ClF6N2O4/c1-37(2)25(39)23-7-6-21(16-24(23)30)42-22-13-18(14-22)12-17-8-10-38(11-9-17)26(40)27(41,29(34,35)36)19-4-3-5-20(15-19)28(31,32)33/h3-7,15-18,22,41H,8-14H2,1-2H3/t18-,22+,27?. The number of ether oxygens (including phenoxy) is 1. The van der Waals surface area contributed by atoms with Crippen LogP contribution in [0.25, 0.3) is 0 Å². The molecule has 2 aromatic carbocycles. The largest absolute Gasteiger partial charge is 0.490 e. The van der Waals surface area contributed by atoms with Gasteiger partial charge in [-0.15, -0.1) is 0 Å². The quantitative estimate of drug-likeness (QED) is 0.369. The molecule has 4 rings (SSSR count). The topological polar surface area (TPSA) is 70.1 Å². The summed E-state index contributed by atoms with van der Waals surface area (Å²) in [6.45, 7) is -0.103. The number of nitrogens with zero attached hydrogens (tertiary/aromatic N) is 2. The van der Waals surface area contributed by atoms with E-state index in [0.717, 1.165) is 30.2 Å². The SMILES string of the molecule is CN(C)C(=O)c1ccc(O[C@H]2C[C@@H](CC3CCN(C(=O)C(O)(c4cccc(C(F)(F)F)c4)C(F)(F)F)CC3)C2)cc1Cl. The first kappa shape index (κ1) is 31.9. The van der Waals surface area contributed by atoms with Gasteiger partial charge in [0.1, 0.15) is 5.75 Å². The van der Waals surface area contributed by atoms with Crippen molar-refractivity contribution in [2.45, 2.75) is 56.2 Å². The Hall–Kier alpha value is -2.99. The third kappa shape index (κ3) is 6.64. The summed E-state index contributed by atoms with van der Waals surface area (Å²) < 4.78 is 87.4. The number of alkyl halides is 6. The second kappa shape index (κ2) is 11.9. The van der Waals surface area contributed by atoms with Gasteiger partial charge in [-0.2, -0.15) is 26.3 Å². The van der Waals surface area contributed by atoms with Crippen molar-refractivity contribution < 1.29 is 45.8 Å². The summed E-state index contributed by atoms with van der Waals surface area (Å²) in [5.41, 5.74) is -6.29. The summed E-state index contributed by atoms with van der Waals surface area (Å²) in [6.07, 6.45) is -7.40. The molecule has 2 fully saturated rings. The highest BCUT2D eigenvalue weighted by molar-refractivity contribution is 6.34. The molecule has 0 radical (unpaired) electrons. The summed E-state index contributed by atoms with van der Waals surface area (Å²) >= 11 is 6.24. The smallest absolute Gasteiger partial charge is 0.430 e. The van der Waals surface area contributed by atoms with Crippen LogP contribution in [0.15, 0.2) is 42.5 Å². The average molecular weight is 621 g/mol. The Kier molecular flexibility index (Phi) is 9.09. The highest BCUT2D eigenvalue weighted by Gasteiger charge is 2.62. The number of carbonyl (C=O) groups excluding carboxylic acids is 2. The van der Waals surface area contributed by atoms with Gasteiger partial charge in [0.15, 0.2) is 0 Å². The maximum atomic E-state index is 14.0. The zero-order valence-electron chi connectivity index (χ0n) is 22.9. The number of amides is 2. The van der Waals surface area contributed by atoms with Crippen LogP contribution in [0, 0.1) is 11.8 Å². The van der Waals surface area contributed by atoms with Gasteiger partial charge in [-0.1, -0.05) is 23.7 Å². The van der Waals surface area contributed by atoms with Gasteiger partial charge in [0.25, 0.3) is 17.4 Å². The molecule has 2 aromatic rings. The second-order valence-electron chi connectivity index (χ2n) is 11.2. The lowest BCUT2D eigenvalue weighted by molar-refractivity contribution is -0.262. The molecular weight excluding hydrogens is 590 g/mol. The lowest BCUT2D eigenvalue weighted by atomic mass is 9.74. The van der Waals surface area contributed by atoms with E-state index in [0.29, 0.717) is 42.2 Å². The number of halogens is 7. The van der Waals surface area contributed by atoms with E-state index in [1.807, 2.05) is 0 Å². The molecule has 1 aliphatic heterocycles. The van der Waals surface area contributed by atoms with E-state index in [9.17, 15) is 41.0 Å². The monoisotopic (exact) mass is 620 g/mol. The van der Waals surface area contributed by atoms with Crippen LogP contribution < -0.4 is 4.74 Å². The van der Waals surface area contributed by atoms with Gasteiger partial charge >= 0.3 is 12.4 Å². The van der Waals surface area contributed by atoms with Crippen LogP contribution in [-0.4, -0.2) is 66.2 Å². The fourth-order valence-corrected chi connectivity index (χ4v) is 5.79. The Morgan fingerprint density at radius 1 is 0.976 bits per heavy atom. The molecule has 1 heterocycles.